The van der Waals surface area contributed by atoms with E-state index in [1.165, 1.54) is 11.0 Å². The molecule has 1 saturated heterocycles. The van der Waals surface area contributed by atoms with Gasteiger partial charge in [-0.1, -0.05) is 0 Å². The highest BCUT2D eigenvalue weighted by atomic mass is 19.1. The predicted molar refractivity (Wildman–Crippen MR) is 99.9 cm³/mol. The predicted octanol–water partition coefficient (Wildman–Crippen LogP) is 1.35. The lowest BCUT2D eigenvalue weighted by molar-refractivity contribution is -0.119. The van der Waals surface area contributed by atoms with Crippen LogP contribution in [0.3, 0.4) is 0 Å². The van der Waals surface area contributed by atoms with Crippen LogP contribution in [0.2, 0.25) is 0 Å². The molecule has 3 heterocycles. The average Bonchev–Trinajstić information content (AvgIpc) is 3.18. The molecule has 0 saturated carbocycles. The van der Waals surface area contributed by atoms with Crippen LogP contribution in [0.4, 0.5) is 15.9 Å². The van der Waals surface area contributed by atoms with Crippen LogP contribution in [-0.2, 0) is 10.2 Å². The van der Waals surface area contributed by atoms with E-state index in [0.717, 1.165) is 5.56 Å². The van der Waals surface area contributed by atoms with Crippen LogP contribution in [-0.4, -0.2) is 48.9 Å². The molecule has 2 aromatic rings. The zero-order chi connectivity index (χ0) is 19.3. The SMILES string of the molecule is CN(C)C(=O)c1c(N)ccc(-c2cnc3c(c2)C2(CNC(=O)C2)CN3)c1F. The molecule has 27 heavy (non-hydrogen) atoms. The molecule has 1 atom stereocenters. The largest absolute Gasteiger partial charge is 0.398 e. The van der Waals surface area contributed by atoms with Gasteiger partial charge >= 0.3 is 0 Å². The number of fused-ring (bicyclic) bond motifs is 2. The summed E-state index contributed by atoms with van der Waals surface area (Å²) in [5.41, 5.74) is 7.10. The van der Waals surface area contributed by atoms with Crippen molar-refractivity contribution in [2.24, 2.45) is 0 Å². The molecule has 2 aliphatic heterocycles. The first-order valence-corrected chi connectivity index (χ1v) is 8.63. The Hall–Kier alpha value is -3.16. The maximum atomic E-state index is 15.2. The van der Waals surface area contributed by atoms with Crippen LogP contribution >= 0.6 is 0 Å². The quantitative estimate of drug-likeness (QED) is 0.694. The second-order valence-electron chi connectivity index (χ2n) is 7.30. The fourth-order valence-corrected chi connectivity index (χ4v) is 3.78. The van der Waals surface area contributed by atoms with Gasteiger partial charge < -0.3 is 21.3 Å². The minimum atomic E-state index is -0.670. The molecule has 2 amide bonds. The topological polar surface area (TPSA) is 100 Å². The van der Waals surface area contributed by atoms with E-state index in [2.05, 4.69) is 15.6 Å². The summed E-state index contributed by atoms with van der Waals surface area (Å²) in [5, 5.41) is 6.08. The molecule has 2 aliphatic rings. The first-order valence-electron chi connectivity index (χ1n) is 8.63. The number of nitrogens with two attached hydrogens (primary N) is 1. The number of nitrogens with one attached hydrogen (secondary N) is 2. The van der Waals surface area contributed by atoms with Crippen LogP contribution < -0.4 is 16.4 Å². The standard InChI is InChI=1S/C19H20FN5O2/c1-25(2)18(27)15-13(21)4-3-11(16(15)20)10-5-12-17(22-7-10)24-9-19(12)6-14(26)23-8-19/h3-5,7H,6,8-9,21H2,1-2H3,(H,22,24)(H,23,26). The van der Waals surface area contributed by atoms with Gasteiger partial charge in [0.25, 0.3) is 5.91 Å². The number of halogens is 1. The number of carbonyl (C=O) groups excluding carboxylic acids is 2. The number of aromatic nitrogens is 1. The summed E-state index contributed by atoms with van der Waals surface area (Å²) < 4.78 is 15.2. The number of benzene rings is 1. The van der Waals surface area contributed by atoms with Crippen molar-refractivity contribution in [2.45, 2.75) is 11.8 Å². The third kappa shape index (κ3) is 2.59. The maximum Gasteiger partial charge on any atom is 0.258 e. The van der Waals surface area contributed by atoms with Gasteiger partial charge in [0.1, 0.15) is 11.6 Å². The molecule has 4 rings (SSSR count). The Kier molecular flexibility index (Phi) is 3.80. The number of carbonyl (C=O) groups is 2. The van der Waals surface area contributed by atoms with Crippen molar-refractivity contribution >= 4 is 23.3 Å². The van der Waals surface area contributed by atoms with Gasteiger partial charge in [-0.15, -0.1) is 0 Å². The molecule has 7 nitrogen and oxygen atoms in total. The number of nitrogens with zero attached hydrogens (tertiary/aromatic N) is 2. The zero-order valence-corrected chi connectivity index (χ0v) is 15.1. The van der Waals surface area contributed by atoms with E-state index >= 15 is 4.39 Å². The fourth-order valence-electron chi connectivity index (χ4n) is 3.78. The third-order valence-electron chi connectivity index (χ3n) is 5.28. The molecular weight excluding hydrogens is 349 g/mol. The Morgan fingerprint density at radius 3 is 2.70 bits per heavy atom. The van der Waals surface area contributed by atoms with E-state index in [0.29, 0.717) is 30.9 Å². The van der Waals surface area contributed by atoms with Gasteiger partial charge in [-0.3, -0.25) is 9.59 Å². The highest BCUT2D eigenvalue weighted by molar-refractivity contribution is 6.00. The van der Waals surface area contributed by atoms with Crippen LogP contribution in [0.25, 0.3) is 11.1 Å². The molecule has 1 unspecified atom stereocenters. The summed E-state index contributed by atoms with van der Waals surface area (Å²) in [5.74, 6) is -0.468. The van der Waals surface area contributed by atoms with Crippen molar-refractivity contribution in [3.8, 4) is 11.1 Å². The molecule has 0 bridgehead atoms. The van der Waals surface area contributed by atoms with Crippen molar-refractivity contribution in [2.75, 3.05) is 38.2 Å². The number of rotatable bonds is 2. The Bertz CT molecular complexity index is 975. The number of nitrogen functional groups attached to an aromatic ring is 1. The van der Waals surface area contributed by atoms with Crippen molar-refractivity contribution < 1.29 is 14.0 Å². The Labute approximate surface area is 155 Å². The third-order valence-corrected chi connectivity index (χ3v) is 5.28. The lowest BCUT2D eigenvalue weighted by Gasteiger charge is -2.21. The first kappa shape index (κ1) is 17.3. The molecule has 1 spiro atoms. The molecule has 1 aromatic carbocycles. The number of hydrogen-bond donors (Lipinski definition) is 3. The van der Waals surface area contributed by atoms with Crippen LogP contribution in [0, 0.1) is 5.82 Å². The summed E-state index contributed by atoms with van der Waals surface area (Å²) in [4.78, 5) is 29.8. The molecule has 140 valence electrons. The second-order valence-corrected chi connectivity index (χ2v) is 7.30. The first-order chi connectivity index (χ1) is 12.8. The normalized spacial score (nSPS) is 20.3. The molecule has 0 radical (unpaired) electrons. The minimum absolute atomic E-state index is 0.00687. The van der Waals surface area contributed by atoms with Gasteiger partial charge in [0, 0.05) is 67.6 Å². The number of pyridine rings is 1. The Morgan fingerprint density at radius 2 is 2.04 bits per heavy atom. The summed E-state index contributed by atoms with van der Waals surface area (Å²) in [6.07, 6.45) is 1.93. The van der Waals surface area contributed by atoms with Crippen molar-refractivity contribution in [1.29, 1.82) is 0 Å². The van der Waals surface area contributed by atoms with E-state index in [9.17, 15) is 9.59 Å². The van der Waals surface area contributed by atoms with Gasteiger partial charge in [-0.25, -0.2) is 9.37 Å². The van der Waals surface area contributed by atoms with Crippen LogP contribution in [0.1, 0.15) is 22.3 Å². The van der Waals surface area contributed by atoms with Crippen molar-refractivity contribution in [3.05, 3.63) is 41.3 Å². The molecule has 1 aromatic heterocycles. The van der Waals surface area contributed by atoms with E-state index in [1.807, 2.05) is 6.07 Å². The number of hydrogen-bond acceptors (Lipinski definition) is 5. The molecular formula is C19H20FN5O2. The minimum Gasteiger partial charge on any atom is -0.398 e. The van der Waals surface area contributed by atoms with E-state index < -0.39 is 11.7 Å². The number of amides is 2. The summed E-state index contributed by atoms with van der Waals surface area (Å²) >= 11 is 0. The van der Waals surface area contributed by atoms with Gasteiger partial charge in [0.2, 0.25) is 5.91 Å². The van der Waals surface area contributed by atoms with Crippen LogP contribution in [0.15, 0.2) is 24.4 Å². The smallest absolute Gasteiger partial charge is 0.258 e. The monoisotopic (exact) mass is 369 g/mol. The summed E-state index contributed by atoms with van der Waals surface area (Å²) in [6, 6.07) is 4.92. The lowest BCUT2D eigenvalue weighted by Crippen LogP contribution is -2.30. The lowest BCUT2D eigenvalue weighted by atomic mass is 9.81. The summed E-state index contributed by atoms with van der Waals surface area (Å²) in [7, 11) is 3.09. The van der Waals surface area contributed by atoms with Crippen molar-refractivity contribution in [1.82, 2.24) is 15.2 Å². The van der Waals surface area contributed by atoms with Gasteiger partial charge in [-0.05, 0) is 18.2 Å². The Balaban J connectivity index is 1.82. The molecule has 8 heteroatoms. The highest BCUT2D eigenvalue weighted by Gasteiger charge is 2.45. The maximum absolute atomic E-state index is 15.2. The van der Waals surface area contributed by atoms with E-state index in [1.54, 1.807) is 26.4 Å². The second kappa shape index (κ2) is 5.94. The van der Waals surface area contributed by atoms with E-state index in [-0.39, 0.29) is 28.1 Å². The molecule has 4 N–H and O–H groups in total. The fraction of sp³-hybridized carbons (Fsp3) is 0.316. The van der Waals surface area contributed by atoms with Gasteiger partial charge in [0.15, 0.2) is 0 Å². The number of anilines is 2. The molecule has 1 fully saturated rings. The average molecular weight is 369 g/mol. The van der Waals surface area contributed by atoms with E-state index in [4.69, 9.17) is 5.73 Å². The van der Waals surface area contributed by atoms with Gasteiger partial charge in [0.05, 0.1) is 5.56 Å². The molecule has 0 aliphatic carbocycles. The van der Waals surface area contributed by atoms with Gasteiger partial charge in [-0.2, -0.15) is 0 Å². The Morgan fingerprint density at radius 1 is 1.30 bits per heavy atom. The summed E-state index contributed by atoms with van der Waals surface area (Å²) in [6.45, 7) is 1.12. The van der Waals surface area contributed by atoms with Crippen molar-refractivity contribution in [3.63, 3.8) is 0 Å². The van der Waals surface area contributed by atoms with Crippen LogP contribution in [0.5, 0.6) is 0 Å². The zero-order valence-electron chi connectivity index (χ0n) is 15.1. The highest BCUT2D eigenvalue weighted by Crippen LogP contribution is 2.42.